The summed E-state index contributed by atoms with van der Waals surface area (Å²) in [7, 11) is 0. The first-order valence-electron chi connectivity index (χ1n) is 7.02. The van der Waals surface area contributed by atoms with Crippen molar-refractivity contribution in [3.8, 4) is 0 Å². The van der Waals surface area contributed by atoms with Crippen molar-refractivity contribution in [3.05, 3.63) is 68.6 Å². The summed E-state index contributed by atoms with van der Waals surface area (Å²) in [5, 5.41) is 3.63. The molecular weight excluding hydrogens is 314 g/mol. The average Bonchev–Trinajstić information content (AvgIpc) is 2.51. The van der Waals surface area contributed by atoms with Gasteiger partial charge in [0.15, 0.2) is 0 Å². The molecule has 1 aromatic carbocycles. The van der Waals surface area contributed by atoms with Crippen molar-refractivity contribution in [3.63, 3.8) is 0 Å². The number of benzene rings is 1. The van der Waals surface area contributed by atoms with E-state index in [9.17, 15) is 9.59 Å². The number of aromatic amines is 1. The Hall–Kier alpha value is -2.66. The molecule has 0 saturated carbocycles. The minimum absolute atomic E-state index is 0.0301. The summed E-state index contributed by atoms with van der Waals surface area (Å²) < 4.78 is 0. The van der Waals surface area contributed by atoms with E-state index in [1.807, 2.05) is 19.9 Å². The number of aromatic nitrogens is 2. The van der Waals surface area contributed by atoms with Gasteiger partial charge in [-0.05, 0) is 49.2 Å². The fraction of sp³-hybridized carbons (Fsp3) is 0.118. The Labute approximate surface area is 137 Å². The molecule has 0 saturated heterocycles. The number of fused-ring (bicyclic) bond motifs is 1. The van der Waals surface area contributed by atoms with Crippen LogP contribution in [0.2, 0.25) is 5.02 Å². The van der Waals surface area contributed by atoms with Gasteiger partial charge >= 0.3 is 0 Å². The van der Waals surface area contributed by atoms with Gasteiger partial charge in [-0.15, -0.1) is 0 Å². The predicted octanol–water partition coefficient (Wildman–Crippen LogP) is 3.45. The summed E-state index contributed by atoms with van der Waals surface area (Å²) in [4.78, 5) is 31.9. The molecule has 0 spiro atoms. The Morgan fingerprint density at radius 1 is 1.26 bits per heavy atom. The van der Waals surface area contributed by atoms with Crippen LogP contribution in [0.4, 0.5) is 5.82 Å². The smallest absolute Gasteiger partial charge is 0.262 e. The number of carbonyl (C=O) groups is 1. The zero-order valence-electron chi connectivity index (χ0n) is 12.6. The molecule has 0 bridgehead atoms. The van der Waals surface area contributed by atoms with Crippen LogP contribution in [0.25, 0.3) is 10.9 Å². The highest BCUT2D eigenvalue weighted by atomic mass is 35.5. The van der Waals surface area contributed by atoms with E-state index < -0.39 is 5.91 Å². The lowest BCUT2D eigenvalue weighted by atomic mass is 10.1. The third-order valence-corrected chi connectivity index (χ3v) is 4.06. The van der Waals surface area contributed by atoms with Gasteiger partial charge < -0.3 is 10.3 Å². The van der Waals surface area contributed by atoms with Gasteiger partial charge in [-0.1, -0.05) is 11.6 Å². The Morgan fingerprint density at radius 3 is 2.78 bits per heavy atom. The monoisotopic (exact) mass is 327 g/mol. The lowest BCUT2D eigenvalue weighted by molar-refractivity contribution is 0.102. The normalized spacial score (nSPS) is 10.7. The van der Waals surface area contributed by atoms with Gasteiger partial charge in [-0.3, -0.25) is 9.59 Å². The lowest BCUT2D eigenvalue weighted by Gasteiger charge is -2.08. The number of rotatable bonds is 2. The molecule has 1 amide bonds. The topological polar surface area (TPSA) is 74.8 Å². The number of hydrogen-bond acceptors (Lipinski definition) is 3. The van der Waals surface area contributed by atoms with Crippen molar-refractivity contribution in [1.82, 2.24) is 9.97 Å². The van der Waals surface area contributed by atoms with E-state index in [1.165, 1.54) is 6.20 Å². The summed E-state index contributed by atoms with van der Waals surface area (Å²) in [5.74, 6) is -0.0966. The third-order valence-electron chi connectivity index (χ3n) is 3.65. The van der Waals surface area contributed by atoms with Crippen LogP contribution in [0.5, 0.6) is 0 Å². The fourth-order valence-electron chi connectivity index (χ4n) is 2.37. The molecule has 2 N–H and O–H groups in total. The van der Waals surface area contributed by atoms with Gasteiger partial charge in [0.1, 0.15) is 11.4 Å². The Kier molecular flexibility index (Phi) is 3.88. The van der Waals surface area contributed by atoms with Crippen molar-refractivity contribution in [1.29, 1.82) is 0 Å². The molecule has 0 unspecified atom stereocenters. The lowest BCUT2D eigenvalue weighted by Crippen LogP contribution is -2.22. The number of carbonyl (C=O) groups excluding carboxylic acids is 1. The van der Waals surface area contributed by atoms with E-state index in [4.69, 9.17) is 11.6 Å². The van der Waals surface area contributed by atoms with Crippen LogP contribution >= 0.6 is 11.6 Å². The van der Waals surface area contributed by atoms with Crippen molar-refractivity contribution in [2.24, 2.45) is 0 Å². The SMILES string of the molecule is Cc1ccnc(NC(=O)c2c[nH]c3c(C)c(Cl)ccc3c2=O)c1. The molecule has 3 rings (SSSR count). The van der Waals surface area contributed by atoms with Crippen LogP contribution < -0.4 is 10.7 Å². The van der Waals surface area contributed by atoms with E-state index in [2.05, 4.69) is 15.3 Å². The molecule has 2 heterocycles. The second kappa shape index (κ2) is 5.85. The van der Waals surface area contributed by atoms with Crippen molar-refractivity contribution < 1.29 is 4.79 Å². The summed E-state index contributed by atoms with van der Waals surface area (Å²) in [6, 6.07) is 6.82. The van der Waals surface area contributed by atoms with Crippen LogP contribution in [0.3, 0.4) is 0 Å². The first kappa shape index (κ1) is 15.2. The summed E-state index contributed by atoms with van der Waals surface area (Å²) in [6.45, 7) is 3.71. The number of nitrogens with one attached hydrogen (secondary N) is 2. The standard InChI is InChI=1S/C17H14ClN3O2/c1-9-5-6-19-14(7-9)21-17(23)12-8-20-15-10(2)13(18)4-3-11(15)16(12)22/h3-8H,1-2H3,(H,20,22)(H,19,21,23). The molecule has 23 heavy (non-hydrogen) atoms. The predicted molar refractivity (Wildman–Crippen MR) is 91.2 cm³/mol. The Morgan fingerprint density at radius 2 is 2.04 bits per heavy atom. The number of hydrogen-bond donors (Lipinski definition) is 2. The number of pyridine rings is 2. The Balaban J connectivity index is 2.03. The van der Waals surface area contributed by atoms with Gasteiger partial charge in [-0.25, -0.2) is 4.98 Å². The van der Waals surface area contributed by atoms with E-state index in [0.29, 0.717) is 21.7 Å². The zero-order valence-corrected chi connectivity index (χ0v) is 13.4. The number of aryl methyl sites for hydroxylation is 2. The maximum atomic E-state index is 12.5. The summed E-state index contributed by atoms with van der Waals surface area (Å²) in [6.07, 6.45) is 3.00. The molecule has 6 heteroatoms. The molecule has 116 valence electrons. The van der Waals surface area contributed by atoms with Gasteiger partial charge in [-0.2, -0.15) is 0 Å². The minimum Gasteiger partial charge on any atom is -0.360 e. The van der Waals surface area contributed by atoms with Crippen LogP contribution in [0.1, 0.15) is 21.5 Å². The maximum Gasteiger partial charge on any atom is 0.262 e. The Bertz CT molecular complexity index is 979. The summed E-state index contributed by atoms with van der Waals surface area (Å²) in [5.41, 5.74) is 2.06. The van der Waals surface area contributed by atoms with Gasteiger partial charge in [0, 0.05) is 22.8 Å². The van der Waals surface area contributed by atoms with E-state index in [0.717, 1.165) is 11.1 Å². The number of anilines is 1. The van der Waals surface area contributed by atoms with Crippen LogP contribution in [-0.4, -0.2) is 15.9 Å². The van der Waals surface area contributed by atoms with E-state index in [1.54, 1.807) is 24.4 Å². The maximum absolute atomic E-state index is 12.5. The first-order chi connectivity index (χ1) is 11.0. The number of halogens is 1. The molecule has 0 aliphatic rings. The second-order valence-corrected chi connectivity index (χ2v) is 5.71. The quantitative estimate of drug-likeness (QED) is 0.757. The first-order valence-corrected chi connectivity index (χ1v) is 7.39. The molecule has 0 aliphatic heterocycles. The van der Waals surface area contributed by atoms with E-state index in [-0.39, 0.29) is 11.0 Å². The molecule has 0 aliphatic carbocycles. The van der Waals surface area contributed by atoms with Crippen LogP contribution in [0, 0.1) is 13.8 Å². The number of amides is 1. The molecule has 0 radical (unpaired) electrons. The second-order valence-electron chi connectivity index (χ2n) is 5.30. The molecule has 3 aromatic rings. The van der Waals surface area contributed by atoms with Crippen LogP contribution in [-0.2, 0) is 0 Å². The molecule has 0 fully saturated rings. The fourth-order valence-corrected chi connectivity index (χ4v) is 2.53. The number of nitrogens with zero attached hydrogens (tertiary/aromatic N) is 1. The summed E-state index contributed by atoms with van der Waals surface area (Å²) >= 11 is 6.05. The van der Waals surface area contributed by atoms with Crippen molar-refractivity contribution in [2.75, 3.05) is 5.32 Å². The van der Waals surface area contributed by atoms with E-state index >= 15 is 0 Å². The zero-order chi connectivity index (χ0) is 16.6. The van der Waals surface area contributed by atoms with Crippen molar-refractivity contribution >= 4 is 34.2 Å². The minimum atomic E-state index is -0.501. The van der Waals surface area contributed by atoms with Crippen LogP contribution in [0.15, 0.2) is 41.5 Å². The molecule has 2 aromatic heterocycles. The highest BCUT2D eigenvalue weighted by molar-refractivity contribution is 6.32. The highest BCUT2D eigenvalue weighted by Crippen LogP contribution is 2.22. The molecule has 5 nitrogen and oxygen atoms in total. The van der Waals surface area contributed by atoms with Gasteiger partial charge in [0.2, 0.25) is 5.43 Å². The molecular formula is C17H14ClN3O2. The highest BCUT2D eigenvalue weighted by Gasteiger charge is 2.15. The third kappa shape index (κ3) is 2.83. The number of H-pyrrole nitrogens is 1. The van der Waals surface area contributed by atoms with Gasteiger partial charge in [0.05, 0.1) is 5.52 Å². The van der Waals surface area contributed by atoms with Gasteiger partial charge in [0.25, 0.3) is 5.91 Å². The average molecular weight is 328 g/mol. The molecule has 0 atom stereocenters. The van der Waals surface area contributed by atoms with Crippen molar-refractivity contribution in [2.45, 2.75) is 13.8 Å². The largest absolute Gasteiger partial charge is 0.360 e.